The SMILES string of the molecule is C=CC(=O)N1CCN(c2nc(OC[C@H]3CN(C)[C@H](Cc4ccc(N5CCc6c(nc(OC[C@H]7CN(C)C(C)(C)CO7)nc6N6CCN(C(=O)C=C)[C@@H](CC#N)C6)C5)c5ccccc45)CO3)nc3c2CCN(c2cccc4ccccc24)C3)C[C@@H]1CC#N. The Labute approximate surface area is 509 Å². The molecule has 0 bridgehead atoms. The van der Waals surface area contributed by atoms with Gasteiger partial charge in [-0.3, -0.25) is 19.4 Å². The van der Waals surface area contributed by atoms with Gasteiger partial charge in [0.2, 0.25) is 11.8 Å². The first-order chi connectivity index (χ1) is 42.3. The molecule has 0 unspecified atom stereocenters. The molecule has 0 radical (unpaired) electrons. The molecule has 2 amide bonds. The molecular formula is C67H78N14O6. The Hall–Kier alpha value is -8.40. The summed E-state index contributed by atoms with van der Waals surface area (Å²) < 4.78 is 25.9. The minimum absolute atomic E-state index is 0.0756. The first kappa shape index (κ1) is 59.0. The molecule has 4 saturated heterocycles. The Balaban J connectivity index is 0.744. The summed E-state index contributed by atoms with van der Waals surface area (Å²) in [4.78, 5) is 63.6. The van der Waals surface area contributed by atoms with Gasteiger partial charge in [-0.2, -0.15) is 30.5 Å². The summed E-state index contributed by atoms with van der Waals surface area (Å²) in [6.07, 6.45) is 4.87. The zero-order valence-electron chi connectivity index (χ0n) is 50.5. The number of carbonyl (C=O) groups excluding carboxylic acids is 2. The average molecular weight is 1180 g/mol. The molecule has 20 nitrogen and oxygen atoms in total. The second-order valence-corrected chi connectivity index (χ2v) is 24.5. The van der Waals surface area contributed by atoms with Crippen LogP contribution in [0.1, 0.15) is 54.8 Å². The summed E-state index contributed by atoms with van der Waals surface area (Å²) in [5.41, 5.74) is 7.36. The van der Waals surface area contributed by atoms with Crippen LogP contribution in [0.25, 0.3) is 21.5 Å². The molecule has 4 fully saturated rings. The zero-order chi connectivity index (χ0) is 60.3. The second-order valence-electron chi connectivity index (χ2n) is 24.5. The maximum Gasteiger partial charge on any atom is 0.318 e. The van der Waals surface area contributed by atoms with Crippen molar-refractivity contribution in [3.05, 3.63) is 132 Å². The van der Waals surface area contributed by atoms with E-state index in [2.05, 4.69) is 162 Å². The molecule has 0 aliphatic carbocycles. The quantitative estimate of drug-likeness (QED) is 0.0923. The van der Waals surface area contributed by atoms with Crippen molar-refractivity contribution in [3.8, 4) is 24.2 Å². The van der Waals surface area contributed by atoms with Gasteiger partial charge in [0.1, 0.15) is 37.1 Å². The monoisotopic (exact) mass is 1170 g/mol. The highest BCUT2D eigenvalue weighted by Gasteiger charge is 2.38. The van der Waals surface area contributed by atoms with Crippen LogP contribution in [0.3, 0.4) is 0 Å². The lowest BCUT2D eigenvalue weighted by Gasteiger charge is -2.43. The van der Waals surface area contributed by atoms with Crippen LogP contribution in [0.5, 0.6) is 12.0 Å². The van der Waals surface area contributed by atoms with E-state index in [1.807, 2.05) is 0 Å². The fourth-order valence-corrected chi connectivity index (χ4v) is 13.5. The number of hydrogen-bond donors (Lipinski definition) is 0. The van der Waals surface area contributed by atoms with Gasteiger partial charge in [0, 0.05) is 110 Å². The lowest BCUT2D eigenvalue weighted by Crippen LogP contribution is -2.55. The van der Waals surface area contributed by atoms with E-state index in [0.717, 1.165) is 76.8 Å². The van der Waals surface area contributed by atoms with Gasteiger partial charge in [-0.25, -0.2) is 0 Å². The van der Waals surface area contributed by atoms with Crippen LogP contribution in [0.4, 0.5) is 23.0 Å². The molecule has 0 N–H and O–H groups in total. The van der Waals surface area contributed by atoms with Crippen molar-refractivity contribution in [2.45, 2.75) is 94.9 Å². The lowest BCUT2D eigenvalue weighted by atomic mass is 9.95. The van der Waals surface area contributed by atoms with Gasteiger partial charge in [0.25, 0.3) is 0 Å². The number of rotatable bonds is 16. The molecule has 20 heteroatoms. The molecule has 6 aliphatic heterocycles. The summed E-state index contributed by atoms with van der Waals surface area (Å²) in [6.45, 7) is 20.4. The summed E-state index contributed by atoms with van der Waals surface area (Å²) in [5.74, 6) is 1.24. The van der Waals surface area contributed by atoms with Gasteiger partial charge in [-0.05, 0) is 87.8 Å². The average Bonchev–Trinajstić information content (AvgIpc) is 2.23. The number of morpholine rings is 2. The summed E-state index contributed by atoms with van der Waals surface area (Å²) in [6, 6.07) is 32.7. The predicted octanol–water partition coefficient (Wildman–Crippen LogP) is 6.74. The summed E-state index contributed by atoms with van der Waals surface area (Å²) in [5, 5.41) is 24.4. The molecule has 87 heavy (non-hydrogen) atoms. The fourth-order valence-electron chi connectivity index (χ4n) is 13.5. The number of amides is 2. The Morgan fingerprint density at radius 1 is 0.621 bits per heavy atom. The fraction of sp³-hybridized carbons (Fsp3) is 0.463. The number of benzene rings is 4. The van der Waals surface area contributed by atoms with E-state index in [-0.39, 0.29) is 79.2 Å². The van der Waals surface area contributed by atoms with Crippen molar-refractivity contribution in [1.82, 2.24) is 39.5 Å². The molecule has 2 aromatic heterocycles. The molecule has 6 aliphatic rings. The van der Waals surface area contributed by atoms with E-state index < -0.39 is 0 Å². The van der Waals surface area contributed by atoms with Crippen molar-refractivity contribution in [2.24, 2.45) is 0 Å². The largest absolute Gasteiger partial charge is 0.461 e. The maximum absolute atomic E-state index is 12.9. The molecular weight excluding hydrogens is 1100 g/mol. The van der Waals surface area contributed by atoms with E-state index in [9.17, 15) is 20.1 Å². The van der Waals surface area contributed by atoms with E-state index in [1.165, 1.54) is 33.9 Å². The van der Waals surface area contributed by atoms with Gasteiger partial charge in [-0.15, -0.1) is 0 Å². The number of aromatic nitrogens is 4. The highest BCUT2D eigenvalue weighted by atomic mass is 16.5. The van der Waals surface area contributed by atoms with Crippen LogP contribution in [0.2, 0.25) is 0 Å². The van der Waals surface area contributed by atoms with Gasteiger partial charge in [0.15, 0.2) is 0 Å². The maximum atomic E-state index is 12.9. The minimum atomic E-state index is -0.313. The van der Waals surface area contributed by atoms with Crippen molar-refractivity contribution < 1.29 is 28.5 Å². The number of carbonyl (C=O) groups is 2. The van der Waals surface area contributed by atoms with Gasteiger partial charge < -0.3 is 48.3 Å². The van der Waals surface area contributed by atoms with E-state index in [1.54, 1.807) is 9.80 Å². The highest BCUT2D eigenvalue weighted by Crippen LogP contribution is 2.39. The predicted molar refractivity (Wildman–Crippen MR) is 335 cm³/mol. The topological polar surface area (TPSA) is 196 Å². The molecule has 0 saturated carbocycles. The first-order valence-electron chi connectivity index (χ1n) is 30.6. The third-order valence-electron chi connectivity index (χ3n) is 18.7. The molecule has 6 aromatic rings. The van der Waals surface area contributed by atoms with Gasteiger partial charge in [0.05, 0.1) is 74.8 Å². The van der Waals surface area contributed by atoms with Gasteiger partial charge >= 0.3 is 12.0 Å². The normalized spacial score (nSPS) is 22.5. The number of piperazine rings is 2. The van der Waals surface area contributed by atoms with Crippen molar-refractivity contribution in [1.29, 1.82) is 10.5 Å². The highest BCUT2D eigenvalue weighted by molar-refractivity contribution is 5.97. The van der Waals surface area contributed by atoms with E-state index in [4.69, 9.17) is 38.9 Å². The van der Waals surface area contributed by atoms with Crippen LogP contribution in [-0.4, -0.2) is 193 Å². The number of nitrogens with zero attached hydrogens (tertiary/aromatic N) is 14. The molecule has 0 spiro atoms. The summed E-state index contributed by atoms with van der Waals surface area (Å²) in [7, 11) is 4.27. The van der Waals surface area contributed by atoms with Crippen molar-refractivity contribution in [2.75, 3.05) is 126 Å². The molecule has 12 rings (SSSR count). The third kappa shape index (κ3) is 12.3. The third-order valence-corrected chi connectivity index (χ3v) is 18.7. The van der Waals surface area contributed by atoms with Crippen LogP contribution in [0, 0.1) is 22.7 Å². The number of ether oxygens (including phenoxy) is 4. The molecule has 452 valence electrons. The number of likely N-dealkylation sites (N-methyl/N-ethyl adjacent to an activating group) is 2. The van der Waals surface area contributed by atoms with Crippen molar-refractivity contribution in [3.63, 3.8) is 0 Å². The lowest BCUT2D eigenvalue weighted by molar-refractivity contribution is -0.129. The number of nitriles is 2. The van der Waals surface area contributed by atoms with Crippen LogP contribution >= 0.6 is 0 Å². The van der Waals surface area contributed by atoms with Crippen LogP contribution in [-0.2, 0) is 51.4 Å². The smallest absolute Gasteiger partial charge is 0.318 e. The summed E-state index contributed by atoms with van der Waals surface area (Å²) >= 11 is 0. The number of anilines is 4. The second kappa shape index (κ2) is 25.5. The molecule has 5 atom stereocenters. The minimum Gasteiger partial charge on any atom is -0.461 e. The standard InChI is InChI=1S/C67H78N14O6/c1-7-61(82)80-32-30-78(35-47(80)22-26-68)63-55-24-28-76(59-19-13-15-45-14-9-10-17-53(45)59)39-57(55)70-65(72-63)85-42-50-37-74(5)49(41-84-50)34-46-20-21-60(54-18-12-11-16-52(46)54)77-29-25-56-58(40-77)71-66(86-43-51-38-75(6)67(3,4)44-87-51)73-64(56)79-31-33-81(62(83)8-2)48(36-79)23-27-69/h7-21,47-51H,1-2,22-25,28-44H2,3-6H3/t47-,48-,49+,50+,51+/m0/s1. The first-order valence-corrected chi connectivity index (χ1v) is 30.6. The molecule has 4 aromatic carbocycles. The van der Waals surface area contributed by atoms with Gasteiger partial charge in [-0.1, -0.05) is 79.9 Å². The zero-order valence-corrected chi connectivity index (χ0v) is 50.5. The van der Waals surface area contributed by atoms with E-state index in [0.29, 0.717) is 91.7 Å². The Bertz CT molecular complexity index is 3650. The Morgan fingerprint density at radius 2 is 1.16 bits per heavy atom. The van der Waals surface area contributed by atoms with Crippen molar-refractivity contribution >= 4 is 56.4 Å². The number of fused-ring (bicyclic) bond motifs is 4. The Morgan fingerprint density at radius 3 is 1.72 bits per heavy atom. The van der Waals surface area contributed by atoms with E-state index >= 15 is 0 Å². The van der Waals surface area contributed by atoms with Crippen LogP contribution in [0.15, 0.2) is 104 Å². The molecule has 8 heterocycles. The number of hydrogen-bond acceptors (Lipinski definition) is 18. The Kier molecular flexibility index (Phi) is 17.3. The van der Waals surface area contributed by atoms with Crippen LogP contribution < -0.4 is 29.1 Å².